The van der Waals surface area contributed by atoms with E-state index in [9.17, 15) is 0 Å². The molecule has 0 radical (unpaired) electrons. The zero-order valence-electron chi connectivity index (χ0n) is 12.6. The molecule has 0 aromatic heterocycles. The first-order chi connectivity index (χ1) is 10.0. The normalized spacial score (nSPS) is 10.4. The van der Waals surface area contributed by atoms with Crippen molar-refractivity contribution in [3.05, 3.63) is 53.1 Å². The summed E-state index contributed by atoms with van der Waals surface area (Å²) in [5.74, 6) is 2.35. The van der Waals surface area contributed by atoms with Crippen LogP contribution in [0.1, 0.15) is 23.6 Å². The van der Waals surface area contributed by atoms with Gasteiger partial charge in [-0.2, -0.15) is 0 Å². The van der Waals surface area contributed by atoms with E-state index in [-0.39, 0.29) is 5.84 Å². The molecule has 0 aliphatic rings. The number of rotatable bonds is 5. The van der Waals surface area contributed by atoms with Gasteiger partial charge in [0.25, 0.3) is 0 Å². The van der Waals surface area contributed by atoms with Crippen LogP contribution in [0.2, 0.25) is 0 Å². The molecule has 0 spiro atoms. The number of thioether (sulfide) groups is 1. The van der Waals surface area contributed by atoms with Gasteiger partial charge in [0, 0.05) is 4.90 Å². The van der Waals surface area contributed by atoms with E-state index in [0.29, 0.717) is 11.3 Å². The number of nitrogen functional groups attached to an aromatic ring is 1. The molecule has 0 aliphatic heterocycles. The van der Waals surface area contributed by atoms with Crippen LogP contribution in [-0.2, 0) is 0 Å². The van der Waals surface area contributed by atoms with Crippen molar-refractivity contribution < 1.29 is 4.74 Å². The summed E-state index contributed by atoms with van der Waals surface area (Å²) in [6.45, 7) is 6.20. The number of nitrogens with one attached hydrogen (secondary N) is 1. The lowest BCUT2D eigenvalue weighted by Gasteiger charge is -2.14. The first-order valence-electron chi connectivity index (χ1n) is 6.88. The van der Waals surface area contributed by atoms with E-state index in [4.69, 9.17) is 15.9 Å². The Hall–Kier alpha value is -1.94. The van der Waals surface area contributed by atoms with Gasteiger partial charge in [-0.3, -0.25) is 5.41 Å². The predicted molar refractivity (Wildman–Crippen MR) is 89.8 cm³/mol. The highest BCUT2D eigenvalue weighted by atomic mass is 32.2. The SMILES string of the molecule is CCSc1cccc(Oc2ccc(C)c(C)c2)c1C(=N)N. The summed E-state index contributed by atoms with van der Waals surface area (Å²) >= 11 is 1.66. The highest BCUT2D eigenvalue weighted by molar-refractivity contribution is 7.99. The minimum atomic E-state index is 0.0328. The molecule has 0 saturated heterocycles. The Morgan fingerprint density at radius 3 is 2.57 bits per heavy atom. The molecule has 3 N–H and O–H groups in total. The predicted octanol–water partition coefficient (Wildman–Crippen LogP) is 4.49. The monoisotopic (exact) mass is 300 g/mol. The summed E-state index contributed by atoms with van der Waals surface area (Å²) in [6, 6.07) is 11.7. The van der Waals surface area contributed by atoms with E-state index in [0.717, 1.165) is 16.4 Å². The van der Waals surface area contributed by atoms with Crippen LogP contribution in [-0.4, -0.2) is 11.6 Å². The van der Waals surface area contributed by atoms with Crippen molar-refractivity contribution in [2.24, 2.45) is 5.73 Å². The maximum absolute atomic E-state index is 7.82. The standard InChI is InChI=1S/C17H20N2OS/c1-4-21-15-7-5-6-14(16(15)17(18)19)20-13-9-8-11(2)12(3)10-13/h5-10H,4H2,1-3H3,(H3,18,19). The number of hydrogen-bond acceptors (Lipinski definition) is 3. The fourth-order valence-electron chi connectivity index (χ4n) is 2.04. The minimum absolute atomic E-state index is 0.0328. The number of hydrogen-bond donors (Lipinski definition) is 2. The van der Waals surface area contributed by atoms with Gasteiger partial charge in [0.2, 0.25) is 0 Å². The van der Waals surface area contributed by atoms with E-state index in [2.05, 4.69) is 20.8 Å². The summed E-state index contributed by atoms with van der Waals surface area (Å²) in [5, 5.41) is 7.82. The highest BCUT2D eigenvalue weighted by Crippen LogP contribution is 2.33. The van der Waals surface area contributed by atoms with Crippen LogP contribution >= 0.6 is 11.8 Å². The molecule has 0 aliphatic carbocycles. The molecule has 0 amide bonds. The molecule has 0 fully saturated rings. The van der Waals surface area contributed by atoms with Gasteiger partial charge in [-0.1, -0.05) is 19.1 Å². The van der Waals surface area contributed by atoms with Crippen LogP contribution in [0.15, 0.2) is 41.3 Å². The maximum Gasteiger partial charge on any atom is 0.139 e. The van der Waals surface area contributed by atoms with Crippen molar-refractivity contribution in [3.63, 3.8) is 0 Å². The van der Waals surface area contributed by atoms with Crippen LogP contribution in [0.25, 0.3) is 0 Å². The van der Waals surface area contributed by atoms with Crippen molar-refractivity contribution in [3.8, 4) is 11.5 Å². The topological polar surface area (TPSA) is 59.1 Å². The average Bonchev–Trinajstić information content (AvgIpc) is 2.43. The van der Waals surface area contributed by atoms with Gasteiger partial charge in [0.05, 0.1) is 5.56 Å². The van der Waals surface area contributed by atoms with E-state index in [1.807, 2.05) is 36.4 Å². The molecule has 0 bridgehead atoms. The molecule has 0 saturated carbocycles. The Balaban J connectivity index is 2.41. The van der Waals surface area contributed by atoms with Gasteiger partial charge in [-0.05, 0) is 55.0 Å². The second-order valence-corrected chi connectivity index (χ2v) is 6.13. The third-order valence-corrected chi connectivity index (χ3v) is 4.20. The van der Waals surface area contributed by atoms with Crippen LogP contribution in [0.4, 0.5) is 0 Å². The summed E-state index contributed by atoms with van der Waals surface area (Å²) < 4.78 is 5.96. The largest absolute Gasteiger partial charge is 0.457 e. The first kappa shape index (κ1) is 15.4. The molecule has 2 rings (SSSR count). The van der Waals surface area contributed by atoms with Gasteiger partial charge < -0.3 is 10.5 Å². The fraction of sp³-hybridized carbons (Fsp3) is 0.235. The van der Waals surface area contributed by atoms with Crippen molar-refractivity contribution >= 4 is 17.6 Å². The van der Waals surface area contributed by atoms with Gasteiger partial charge in [-0.25, -0.2) is 0 Å². The summed E-state index contributed by atoms with van der Waals surface area (Å²) in [6.07, 6.45) is 0. The molecule has 110 valence electrons. The molecule has 0 atom stereocenters. The van der Waals surface area contributed by atoms with E-state index >= 15 is 0 Å². The van der Waals surface area contributed by atoms with Crippen molar-refractivity contribution in [1.29, 1.82) is 5.41 Å². The molecule has 0 heterocycles. The van der Waals surface area contributed by atoms with Crippen molar-refractivity contribution in [2.75, 3.05) is 5.75 Å². The van der Waals surface area contributed by atoms with E-state index in [1.54, 1.807) is 11.8 Å². The molecule has 2 aromatic carbocycles. The first-order valence-corrected chi connectivity index (χ1v) is 7.86. The van der Waals surface area contributed by atoms with Crippen LogP contribution in [0, 0.1) is 19.3 Å². The molecule has 21 heavy (non-hydrogen) atoms. The molecule has 3 nitrogen and oxygen atoms in total. The summed E-state index contributed by atoms with van der Waals surface area (Å²) in [5.41, 5.74) is 8.82. The van der Waals surface area contributed by atoms with Crippen LogP contribution in [0.3, 0.4) is 0 Å². The lowest BCUT2D eigenvalue weighted by atomic mass is 10.1. The van der Waals surface area contributed by atoms with Crippen molar-refractivity contribution in [2.45, 2.75) is 25.7 Å². The second kappa shape index (κ2) is 6.68. The average molecular weight is 300 g/mol. The third-order valence-electron chi connectivity index (χ3n) is 3.26. The van der Waals surface area contributed by atoms with Crippen LogP contribution < -0.4 is 10.5 Å². The maximum atomic E-state index is 7.82. The Bertz CT molecular complexity index is 668. The Kier molecular flexibility index (Phi) is 4.91. The Labute approximate surface area is 130 Å². The zero-order chi connectivity index (χ0) is 15.4. The molecule has 4 heteroatoms. The third kappa shape index (κ3) is 3.58. The number of benzene rings is 2. The van der Waals surface area contributed by atoms with E-state index in [1.165, 1.54) is 11.1 Å². The number of amidine groups is 1. The number of nitrogens with two attached hydrogens (primary N) is 1. The summed E-state index contributed by atoms with van der Waals surface area (Å²) in [7, 11) is 0. The van der Waals surface area contributed by atoms with Gasteiger partial charge in [0.1, 0.15) is 17.3 Å². The molecular formula is C17H20N2OS. The smallest absolute Gasteiger partial charge is 0.139 e. The quantitative estimate of drug-likeness (QED) is 0.486. The summed E-state index contributed by atoms with van der Waals surface area (Å²) in [4.78, 5) is 0.978. The van der Waals surface area contributed by atoms with Gasteiger partial charge >= 0.3 is 0 Å². The van der Waals surface area contributed by atoms with Gasteiger partial charge in [0.15, 0.2) is 0 Å². The zero-order valence-corrected chi connectivity index (χ0v) is 13.4. The highest BCUT2D eigenvalue weighted by Gasteiger charge is 2.13. The molecular weight excluding hydrogens is 280 g/mol. The van der Waals surface area contributed by atoms with Crippen molar-refractivity contribution in [1.82, 2.24) is 0 Å². The molecule has 0 unspecified atom stereocenters. The second-order valence-electron chi connectivity index (χ2n) is 4.82. The Morgan fingerprint density at radius 2 is 1.95 bits per heavy atom. The fourth-order valence-corrected chi connectivity index (χ4v) is 2.88. The van der Waals surface area contributed by atoms with Crippen LogP contribution in [0.5, 0.6) is 11.5 Å². The number of ether oxygens (including phenoxy) is 1. The number of aryl methyl sites for hydroxylation is 2. The van der Waals surface area contributed by atoms with E-state index < -0.39 is 0 Å². The lowest BCUT2D eigenvalue weighted by molar-refractivity contribution is 0.479. The Morgan fingerprint density at radius 1 is 1.19 bits per heavy atom. The molecule has 2 aromatic rings. The minimum Gasteiger partial charge on any atom is -0.457 e. The lowest BCUT2D eigenvalue weighted by Crippen LogP contribution is -2.13. The van der Waals surface area contributed by atoms with Gasteiger partial charge in [-0.15, -0.1) is 11.8 Å².